The molecule has 0 bridgehead atoms. The van der Waals surface area contributed by atoms with Gasteiger partial charge in [-0.3, -0.25) is 0 Å². The first-order chi connectivity index (χ1) is 9.07. The predicted molar refractivity (Wildman–Crippen MR) is 81.4 cm³/mol. The zero-order chi connectivity index (χ0) is 14.0. The van der Waals surface area contributed by atoms with Crippen molar-refractivity contribution in [3.63, 3.8) is 0 Å². The number of nitrogens with one attached hydrogen (secondary N) is 1. The van der Waals surface area contributed by atoms with Crippen LogP contribution in [0.25, 0.3) is 0 Å². The van der Waals surface area contributed by atoms with Crippen molar-refractivity contribution >= 4 is 23.2 Å². The maximum atomic E-state index is 6.18. The molecule has 19 heavy (non-hydrogen) atoms. The summed E-state index contributed by atoms with van der Waals surface area (Å²) in [5.41, 5.74) is 0.206. The first-order valence-electron chi connectivity index (χ1n) is 6.86. The fraction of sp³-hybridized carbons (Fsp3) is 0.600. The molecular formula is C15H21Cl2NO. The average molecular weight is 302 g/mol. The van der Waals surface area contributed by atoms with Gasteiger partial charge in [0.05, 0.1) is 5.02 Å². The number of halogens is 2. The van der Waals surface area contributed by atoms with Crippen molar-refractivity contribution in [1.29, 1.82) is 0 Å². The Kier molecular flexibility index (Phi) is 4.65. The molecule has 2 unspecified atom stereocenters. The molecule has 0 spiro atoms. The molecule has 0 aromatic heterocycles. The second-order valence-corrected chi connectivity index (χ2v) is 6.04. The molecule has 1 fully saturated rings. The van der Waals surface area contributed by atoms with E-state index >= 15 is 0 Å². The topological polar surface area (TPSA) is 21.3 Å². The van der Waals surface area contributed by atoms with E-state index in [0.29, 0.717) is 16.1 Å². The Hall–Kier alpha value is -0.440. The van der Waals surface area contributed by atoms with Crippen molar-refractivity contribution in [2.24, 2.45) is 5.41 Å². The lowest BCUT2D eigenvalue weighted by Gasteiger charge is -2.55. The van der Waals surface area contributed by atoms with E-state index < -0.39 is 0 Å². The minimum atomic E-state index is 0.206. The van der Waals surface area contributed by atoms with Crippen molar-refractivity contribution in [2.45, 2.75) is 45.3 Å². The molecule has 0 amide bonds. The van der Waals surface area contributed by atoms with E-state index in [9.17, 15) is 0 Å². The Labute approximate surface area is 125 Å². The first kappa shape index (κ1) is 15.0. The summed E-state index contributed by atoms with van der Waals surface area (Å²) in [6, 6.07) is 5.93. The summed E-state index contributed by atoms with van der Waals surface area (Å²) in [5.74, 6) is 0.733. The molecule has 0 radical (unpaired) electrons. The van der Waals surface area contributed by atoms with E-state index in [1.54, 1.807) is 6.07 Å². The van der Waals surface area contributed by atoms with Crippen LogP contribution in [-0.4, -0.2) is 19.2 Å². The standard InChI is InChI=1S/C15H21Cl2NO/c1-4-15(5-2)13(18-3)9-14(15)19-12-7-6-10(16)8-11(12)17/h6-8,13-14,18H,4-5,9H2,1-3H3. The van der Waals surface area contributed by atoms with Gasteiger partial charge in [0.15, 0.2) is 0 Å². The van der Waals surface area contributed by atoms with Crippen LogP contribution in [0.15, 0.2) is 18.2 Å². The maximum absolute atomic E-state index is 6.18. The molecule has 1 aliphatic rings. The summed E-state index contributed by atoms with van der Waals surface area (Å²) in [6.45, 7) is 4.46. The van der Waals surface area contributed by atoms with Crippen LogP contribution in [0.1, 0.15) is 33.1 Å². The average Bonchev–Trinajstić information content (AvgIpc) is 2.38. The smallest absolute Gasteiger partial charge is 0.138 e. The third kappa shape index (κ3) is 2.58. The summed E-state index contributed by atoms with van der Waals surface area (Å²) in [5, 5.41) is 4.62. The van der Waals surface area contributed by atoms with E-state index in [-0.39, 0.29) is 11.5 Å². The van der Waals surface area contributed by atoms with E-state index in [1.165, 1.54) is 0 Å². The molecule has 1 saturated carbocycles. The Morgan fingerprint density at radius 3 is 2.53 bits per heavy atom. The summed E-state index contributed by atoms with van der Waals surface area (Å²) in [6.07, 6.45) is 3.45. The third-order valence-electron chi connectivity index (χ3n) is 4.61. The quantitative estimate of drug-likeness (QED) is 0.862. The minimum Gasteiger partial charge on any atom is -0.488 e. The SMILES string of the molecule is CCC1(CC)C(NC)CC1Oc1ccc(Cl)cc1Cl. The van der Waals surface area contributed by atoms with Crippen molar-refractivity contribution in [3.05, 3.63) is 28.2 Å². The highest BCUT2D eigenvalue weighted by Gasteiger charge is 2.53. The van der Waals surface area contributed by atoms with Gasteiger partial charge in [0.1, 0.15) is 11.9 Å². The largest absolute Gasteiger partial charge is 0.488 e. The summed E-state index contributed by atoms with van der Waals surface area (Å²) >= 11 is 12.1. The van der Waals surface area contributed by atoms with Crippen molar-refractivity contribution < 1.29 is 4.74 Å². The molecule has 1 aromatic carbocycles. The van der Waals surface area contributed by atoms with Crippen LogP contribution in [0.5, 0.6) is 5.75 Å². The van der Waals surface area contributed by atoms with E-state index in [1.807, 2.05) is 19.2 Å². The number of benzene rings is 1. The first-order valence-corrected chi connectivity index (χ1v) is 7.62. The van der Waals surface area contributed by atoms with Crippen LogP contribution in [0.3, 0.4) is 0 Å². The van der Waals surface area contributed by atoms with Crippen LogP contribution in [-0.2, 0) is 0 Å². The molecule has 4 heteroatoms. The van der Waals surface area contributed by atoms with Gasteiger partial charge in [-0.25, -0.2) is 0 Å². The highest BCUT2D eigenvalue weighted by Crippen LogP contribution is 2.49. The van der Waals surface area contributed by atoms with Gasteiger partial charge in [-0.1, -0.05) is 37.0 Å². The Morgan fingerprint density at radius 1 is 1.32 bits per heavy atom. The summed E-state index contributed by atoms with van der Waals surface area (Å²) < 4.78 is 6.14. The molecule has 2 atom stereocenters. The number of hydrogen-bond acceptors (Lipinski definition) is 2. The lowest BCUT2D eigenvalue weighted by Crippen LogP contribution is -2.63. The zero-order valence-electron chi connectivity index (χ0n) is 11.7. The Morgan fingerprint density at radius 2 is 2.00 bits per heavy atom. The molecule has 0 heterocycles. The van der Waals surface area contributed by atoms with Crippen molar-refractivity contribution in [1.82, 2.24) is 5.32 Å². The molecule has 1 aliphatic carbocycles. The molecular weight excluding hydrogens is 281 g/mol. The fourth-order valence-electron chi connectivity index (χ4n) is 3.24. The third-order valence-corrected chi connectivity index (χ3v) is 5.14. The van der Waals surface area contributed by atoms with Gasteiger partial charge in [-0.05, 0) is 38.1 Å². The monoisotopic (exact) mass is 301 g/mol. The molecule has 106 valence electrons. The van der Waals surface area contributed by atoms with Gasteiger partial charge in [0.2, 0.25) is 0 Å². The Bertz CT molecular complexity index is 446. The van der Waals surface area contributed by atoms with E-state index in [4.69, 9.17) is 27.9 Å². The number of rotatable bonds is 5. The summed E-state index contributed by atoms with van der Waals surface area (Å²) in [4.78, 5) is 0. The molecule has 1 aromatic rings. The van der Waals surface area contributed by atoms with Crippen LogP contribution in [0, 0.1) is 5.41 Å². The van der Waals surface area contributed by atoms with Gasteiger partial charge in [-0.15, -0.1) is 0 Å². The molecule has 0 aliphatic heterocycles. The summed E-state index contributed by atoms with van der Waals surface area (Å²) in [7, 11) is 2.02. The molecule has 2 rings (SSSR count). The maximum Gasteiger partial charge on any atom is 0.138 e. The number of hydrogen-bond donors (Lipinski definition) is 1. The zero-order valence-corrected chi connectivity index (χ0v) is 13.2. The fourth-order valence-corrected chi connectivity index (χ4v) is 3.69. The van der Waals surface area contributed by atoms with Gasteiger partial charge in [0.25, 0.3) is 0 Å². The van der Waals surface area contributed by atoms with E-state index in [2.05, 4.69) is 19.2 Å². The Balaban J connectivity index is 2.15. The second-order valence-electron chi connectivity index (χ2n) is 5.20. The van der Waals surface area contributed by atoms with E-state index in [0.717, 1.165) is 25.0 Å². The predicted octanol–water partition coefficient (Wildman–Crippen LogP) is 4.54. The highest BCUT2D eigenvalue weighted by atomic mass is 35.5. The van der Waals surface area contributed by atoms with Gasteiger partial charge >= 0.3 is 0 Å². The molecule has 0 saturated heterocycles. The second kappa shape index (κ2) is 5.90. The van der Waals surface area contributed by atoms with Crippen LogP contribution < -0.4 is 10.1 Å². The van der Waals surface area contributed by atoms with Gasteiger partial charge < -0.3 is 10.1 Å². The van der Waals surface area contributed by atoms with Gasteiger partial charge in [-0.2, -0.15) is 0 Å². The van der Waals surface area contributed by atoms with Crippen molar-refractivity contribution in [3.8, 4) is 5.75 Å². The molecule has 2 nitrogen and oxygen atoms in total. The van der Waals surface area contributed by atoms with Crippen LogP contribution in [0.4, 0.5) is 0 Å². The van der Waals surface area contributed by atoms with Crippen molar-refractivity contribution in [2.75, 3.05) is 7.05 Å². The highest BCUT2D eigenvalue weighted by molar-refractivity contribution is 6.35. The lowest BCUT2D eigenvalue weighted by molar-refractivity contribution is -0.0835. The van der Waals surface area contributed by atoms with Crippen LogP contribution in [0.2, 0.25) is 10.0 Å². The minimum absolute atomic E-state index is 0.206. The van der Waals surface area contributed by atoms with Crippen LogP contribution >= 0.6 is 23.2 Å². The normalized spacial score (nSPS) is 24.9. The number of ether oxygens (including phenoxy) is 1. The van der Waals surface area contributed by atoms with Gasteiger partial charge in [0, 0.05) is 22.9 Å². The molecule has 1 N–H and O–H groups in total. The lowest BCUT2D eigenvalue weighted by atomic mass is 9.58.